The molecule has 0 saturated carbocycles. The largest absolute Gasteiger partial charge is 0.472 e. The van der Waals surface area contributed by atoms with Crippen LogP contribution in [-0.4, -0.2) is 14.9 Å². The van der Waals surface area contributed by atoms with Crippen molar-refractivity contribution >= 4 is 15.9 Å². The van der Waals surface area contributed by atoms with Gasteiger partial charge in [-0.25, -0.2) is 0 Å². The SMILES string of the molecule is CC(C)n1ncc(Br)c1C(O)c1ccoc1. The molecule has 0 fully saturated rings. The molecule has 0 radical (unpaired) electrons. The van der Waals surface area contributed by atoms with Crippen molar-refractivity contribution < 1.29 is 9.52 Å². The number of aliphatic hydroxyl groups is 1. The van der Waals surface area contributed by atoms with E-state index in [2.05, 4.69) is 21.0 Å². The van der Waals surface area contributed by atoms with E-state index in [1.165, 1.54) is 6.26 Å². The molecule has 1 unspecified atom stereocenters. The van der Waals surface area contributed by atoms with Crippen LogP contribution < -0.4 is 0 Å². The van der Waals surface area contributed by atoms with Crippen LogP contribution in [0, 0.1) is 0 Å². The highest BCUT2D eigenvalue weighted by Gasteiger charge is 2.21. The van der Waals surface area contributed by atoms with Gasteiger partial charge in [-0.15, -0.1) is 0 Å². The summed E-state index contributed by atoms with van der Waals surface area (Å²) < 4.78 is 7.56. The van der Waals surface area contributed by atoms with Gasteiger partial charge in [-0.1, -0.05) is 0 Å². The molecule has 0 aromatic carbocycles. The zero-order valence-electron chi connectivity index (χ0n) is 9.09. The van der Waals surface area contributed by atoms with Gasteiger partial charge in [0.1, 0.15) is 6.10 Å². The normalized spacial score (nSPS) is 13.3. The number of nitrogens with zero attached hydrogens (tertiary/aromatic N) is 2. The number of hydrogen-bond donors (Lipinski definition) is 1. The van der Waals surface area contributed by atoms with E-state index in [9.17, 15) is 5.11 Å². The third-order valence-corrected chi connectivity index (χ3v) is 3.01. The smallest absolute Gasteiger partial charge is 0.125 e. The number of furan rings is 1. The molecule has 1 N–H and O–H groups in total. The molecule has 0 bridgehead atoms. The lowest BCUT2D eigenvalue weighted by Crippen LogP contribution is -2.12. The van der Waals surface area contributed by atoms with Gasteiger partial charge in [0.15, 0.2) is 0 Å². The molecular weight excluding hydrogens is 272 g/mol. The highest BCUT2D eigenvalue weighted by molar-refractivity contribution is 9.10. The number of aromatic nitrogens is 2. The van der Waals surface area contributed by atoms with Gasteiger partial charge in [0.2, 0.25) is 0 Å². The van der Waals surface area contributed by atoms with Crippen LogP contribution in [0.3, 0.4) is 0 Å². The van der Waals surface area contributed by atoms with Crippen molar-refractivity contribution in [1.82, 2.24) is 9.78 Å². The summed E-state index contributed by atoms with van der Waals surface area (Å²) in [5, 5.41) is 14.5. The highest BCUT2D eigenvalue weighted by atomic mass is 79.9. The van der Waals surface area contributed by atoms with E-state index >= 15 is 0 Å². The van der Waals surface area contributed by atoms with Gasteiger partial charge in [0, 0.05) is 11.6 Å². The van der Waals surface area contributed by atoms with Gasteiger partial charge in [-0.05, 0) is 35.8 Å². The molecule has 0 amide bonds. The van der Waals surface area contributed by atoms with Crippen LogP contribution in [-0.2, 0) is 0 Å². The van der Waals surface area contributed by atoms with Crippen molar-refractivity contribution in [3.05, 3.63) is 40.5 Å². The van der Waals surface area contributed by atoms with Crippen molar-refractivity contribution in [3.8, 4) is 0 Å². The van der Waals surface area contributed by atoms with Crippen LogP contribution in [0.2, 0.25) is 0 Å². The number of hydrogen-bond acceptors (Lipinski definition) is 3. The standard InChI is InChI=1S/C11H13BrN2O2/c1-7(2)14-10(9(12)5-13-14)11(15)8-3-4-16-6-8/h3-7,11,15H,1-2H3. The first kappa shape index (κ1) is 11.4. The highest BCUT2D eigenvalue weighted by Crippen LogP contribution is 2.30. The Kier molecular flexibility index (Phi) is 3.16. The van der Waals surface area contributed by atoms with E-state index in [0.717, 1.165) is 15.7 Å². The summed E-state index contributed by atoms with van der Waals surface area (Å²) >= 11 is 3.40. The van der Waals surface area contributed by atoms with Gasteiger partial charge in [0.05, 0.1) is 28.9 Å². The fourth-order valence-corrected chi connectivity index (χ4v) is 2.10. The Morgan fingerprint density at radius 1 is 1.50 bits per heavy atom. The first-order valence-electron chi connectivity index (χ1n) is 5.04. The van der Waals surface area contributed by atoms with Crippen molar-refractivity contribution in [1.29, 1.82) is 0 Å². The van der Waals surface area contributed by atoms with Crippen LogP contribution in [0.5, 0.6) is 0 Å². The third-order valence-electron chi connectivity index (χ3n) is 2.39. The fourth-order valence-electron chi connectivity index (χ4n) is 1.61. The maximum absolute atomic E-state index is 10.2. The monoisotopic (exact) mass is 284 g/mol. The molecule has 2 rings (SSSR count). The van der Waals surface area contributed by atoms with Gasteiger partial charge in [-0.2, -0.15) is 5.10 Å². The molecule has 16 heavy (non-hydrogen) atoms. The zero-order valence-corrected chi connectivity index (χ0v) is 10.7. The van der Waals surface area contributed by atoms with Gasteiger partial charge in [-0.3, -0.25) is 4.68 Å². The molecule has 2 heterocycles. The molecule has 0 aliphatic rings. The van der Waals surface area contributed by atoms with E-state index in [4.69, 9.17) is 4.42 Å². The predicted molar refractivity (Wildman–Crippen MR) is 63.1 cm³/mol. The van der Waals surface area contributed by atoms with Gasteiger partial charge in [0.25, 0.3) is 0 Å². The lowest BCUT2D eigenvalue weighted by atomic mass is 10.1. The second kappa shape index (κ2) is 4.43. The van der Waals surface area contributed by atoms with Gasteiger partial charge < -0.3 is 9.52 Å². The molecule has 4 nitrogen and oxygen atoms in total. The summed E-state index contributed by atoms with van der Waals surface area (Å²) in [7, 11) is 0. The van der Waals surface area contributed by atoms with Crippen LogP contribution in [0.4, 0.5) is 0 Å². The summed E-state index contributed by atoms with van der Waals surface area (Å²) in [6, 6.07) is 1.94. The molecule has 0 spiro atoms. The zero-order chi connectivity index (χ0) is 11.7. The molecule has 5 heteroatoms. The predicted octanol–water partition coefficient (Wildman–Crippen LogP) is 2.90. The molecule has 0 aliphatic carbocycles. The van der Waals surface area contributed by atoms with Crippen molar-refractivity contribution in [2.75, 3.05) is 0 Å². The van der Waals surface area contributed by atoms with Crippen LogP contribution in [0.15, 0.2) is 33.7 Å². The van der Waals surface area contributed by atoms with Gasteiger partial charge >= 0.3 is 0 Å². The third kappa shape index (κ3) is 1.92. The average molecular weight is 285 g/mol. The Balaban J connectivity index is 2.43. The topological polar surface area (TPSA) is 51.2 Å². The fraction of sp³-hybridized carbons (Fsp3) is 0.364. The molecule has 0 aliphatic heterocycles. The summed E-state index contributed by atoms with van der Waals surface area (Å²) in [5.41, 5.74) is 1.47. The van der Waals surface area contributed by atoms with Crippen molar-refractivity contribution in [2.24, 2.45) is 0 Å². The second-order valence-corrected chi connectivity index (χ2v) is 4.73. The summed E-state index contributed by atoms with van der Waals surface area (Å²) in [6.45, 7) is 4.04. The minimum absolute atomic E-state index is 0.197. The Labute approximate surface area is 102 Å². The summed E-state index contributed by atoms with van der Waals surface area (Å²) in [4.78, 5) is 0. The Morgan fingerprint density at radius 3 is 2.81 bits per heavy atom. The maximum Gasteiger partial charge on any atom is 0.125 e. The first-order valence-corrected chi connectivity index (χ1v) is 5.83. The number of halogens is 1. The second-order valence-electron chi connectivity index (χ2n) is 3.88. The van der Waals surface area contributed by atoms with E-state index in [0.29, 0.717) is 0 Å². The quantitative estimate of drug-likeness (QED) is 0.943. The molecule has 2 aromatic rings. The minimum atomic E-state index is -0.724. The lowest BCUT2D eigenvalue weighted by Gasteiger charge is -2.15. The van der Waals surface area contributed by atoms with Crippen LogP contribution in [0.1, 0.15) is 37.3 Å². The Hall–Kier alpha value is -1.07. The van der Waals surface area contributed by atoms with Crippen LogP contribution in [0.25, 0.3) is 0 Å². The molecule has 0 saturated heterocycles. The van der Waals surface area contributed by atoms with Crippen LogP contribution >= 0.6 is 15.9 Å². The summed E-state index contributed by atoms with van der Waals surface area (Å²) in [5.74, 6) is 0. The maximum atomic E-state index is 10.2. The van der Waals surface area contributed by atoms with Crippen molar-refractivity contribution in [3.63, 3.8) is 0 Å². The molecule has 1 atom stereocenters. The van der Waals surface area contributed by atoms with E-state index in [-0.39, 0.29) is 6.04 Å². The van der Waals surface area contributed by atoms with Crippen molar-refractivity contribution in [2.45, 2.75) is 26.0 Å². The van der Waals surface area contributed by atoms with E-state index in [1.54, 1.807) is 23.2 Å². The summed E-state index contributed by atoms with van der Waals surface area (Å²) in [6.07, 6.45) is 4.05. The van der Waals surface area contributed by atoms with E-state index < -0.39 is 6.10 Å². The average Bonchev–Trinajstić information content (AvgIpc) is 2.84. The molecule has 2 aromatic heterocycles. The Bertz CT molecular complexity index is 462. The molecule has 86 valence electrons. The molecular formula is C11H13BrN2O2. The first-order chi connectivity index (χ1) is 7.61. The van der Waals surface area contributed by atoms with E-state index in [1.807, 2.05) is 13.8 Å². The Morgan fingerprint density at radius 2 is 2.25 bits per heavy atom. The minimum Gasteiger partial charge on any atom is -0.472 e. The number of rotatable bonds is 3. The number of aliphatic hydroxyl groups excluding tert-OH is 1. The lowest BCUT2D eigenvalue weighted by molar-refractivity contribution is 0.203.